The van der Waals surface area contributed by atoms with Gasteiger partial charge in [0.1, 0.15) is 21.7 Å². The molecule has 0 bridgehead atoms. The molecule has 19 heavy (non-hydrogen) atoms. The molecule has 2 aromatic rings. The highest BCUT2D eigenvalue weighted by Gasteiger charge is 2.14. The van der Waals surface area contributed by atoms with E-state index in [9.17, 15) is 4.79 Å². The van der Waals surface area contributed by atoms with Gasteiger partial charge in [-0.25, -0.2) is 9.78 Å². The number of urea groups is 1. The zero-order valence-electron chi connectivity index (χ0n) is 10.9. The van der Waals surface area contributed by atoms with Crippen LogP contribution < -0.4 is 20.1 Å². The minimum Gasteiger partial charge on any atom is -0.495 e. The van der Waals surface area contributed by atoms with Crippen LogP contribution >= 0.6 is 11.3 Å². The van der Waals surface area contributed by atoms with E-state index in [1.165, 1.54) is 11.3 Å². The monoisotopic (exact) mass is 281 g/mol. The first kappa shape index (κ1) is 13.4. The number of methoxy groups -OCH3 is 2. The first-order valence-corrected chi connectivity index (χ1v) is 6.57. The average Bonchev–Trinajstić information content (AvgIpc) is 2.81. The van der Waals surface area contributed by atoms with Crippen molar-refractivity contribution < 1.29 is 14.3 Å². The van der Waals surface area contributed by atoms with Crippen molar-refractivity contribution in [2.45, 2.75) is 6.92 Å². The van der Waals surface area contributed by atoms with Crippen LogP contribution in [0.5, 0.6) is 11.5 Å². The van der Waals surface area contributed by atoms with Crippen LogP contribution in [0.15, 0.2) is 12.1 Å². The molecular formula is C12H15N3O3S. The van der Waals surface area contributed by atoms with Gasteiger partial charge in [-0.05, 0) is 19.1 Å². The van der Waals surface area contributed by atoms with Gasteiger partial charge in [0.15, 0.2) is 5.13 Å². The van der Waals surface area contributed by atoms with Gasteiger partial charge in [-0.15, -0.1) is 0 Å². The maximum atomic E-state index is 11.5. The number of nitrogens with zero attached hydrogens (tertiary/aromatic N) is 1. The van der Waals surface area contributed by atoms with Crippen LogP contribution in [0.1, 0.15) is 6.92 Å². The van der Waals surface area contributed by atoms with E-state index in [0.29, 0.717) is 28.7 Å². The quantitative estimate of drug-likeness (QED) is 0.903. The second kappa shape index (κ2) is 5.75. The number of ether oxygens (including phenoxy) is 2. The molecule has 0 aliphatic heterocycles. The van der Waals surface area contributed by atoms with Gasteiger partial charge in [-0.3, -0.25) is 5.32 Å². The van der Waals surface area contributed by atoms with Crippen LogP contribution in [0.25, 0.3) is 10.2 Å². The van der Waals surface area contributed by atoms with E-state index in [0.717, 1.165) is 4.70 Å². The van der Waals surface area contributed by atoms with Gasteiger partial charge in [0.2, 0.25) is 0 Å². The van der Waals surface area contributed by atoms with E-state index in [-0.39, 0.29) is 6.03 Å². The van der Waals surface area contributed by atoms with Gasteiger partial charge in [-0.2, -0.15) is 0 Å². The number of fused-ring (bicyclic) bond motifs is 1. The van der Waals surface area contributed by atoms with Crippen molar-refractivity contribution in [2.24, 2.45) is 0 Å². The maximum Gasteiger partial charge on any atom is 0.321 e. The summed E-state index contributed by atoms with van der Waals surface area (Å²) in [5, 5.41) is 5.83. The Balaban J connectivity index is 2.40. The van der Waals surface area contributed by atoms with E-state index in [1.54, 1.807) is 20.3 Å². The molecule has 1 heterocycles. The molecule has 0 saturated heterocycles. The number of carbonyl (C=O) groups excluding carboxylic acids is 1. The summed E-state index contributed by atoms with van der Waals surface area (Å²) in [6.45, 7) is 2.41. The third kappa shape index (κ3) is 2.70. The van der Waals surface area contributed by atoms with Crippen LogP contribution in [-0.2, 0) is 0 Å². The standard InChI is InChI=1S/C12H15N3O3S/c1-4-13-11(16)15-12-14-9-7(17-2)5-6-8(18-3)10(9)19-12/h5-6H,4H2,1-3H3,(H2,13,14,15,16). The Kier molecular flexibility index (Phi) is 4.06. The SMILES string of the molecule is CCNC(=O)Nc1nc2c(OC)ccc(OC)c2s1. The zero-order chi connectivity index (χ0) is 13.8. The molecule has 2 amide bonds. The second-order valence-corrected chi connectivity index (χ2v) is 4.65. The van der Waals surface area contributed by atoms with Crippen molar-refractivity contribution in [3.05, 3.63) is 12.1 Å². The molecule has 0 saturated carbocycles. The van der Waals surface area contributed by atoms with Crippen molar-refractivity contribution >= 4 is 32.7 Å². The minimum absolute atomic E-state index is 0.278. The molecule has 0 radical (unpaired) electrons. The highest BCUT2D eigenvalue weighted by Crippen LogP contribution is 2.38. The first-order valence-electron chi connectivity index (χ1n) is 5.76. The summed E-state index contributed by atoms with van der Waals surface area (Å²) >= 11 is 1.34. The van der Waals surface area contributed by atoms with Gasteiger partial charge in [0, 0.05) is 6.54 Å². The van der Waals surface area contributed by atoms with Crippen molar-refractivity contribution in [1.82, 2.24) is 10.3 Å². The van der Waals surface area contributed by atoms with E-state index in [1.807, 2.05) is 13.0 Å². The second-order valence-electron chi connectivity index (χ2n) is 3.65. The number of hydrogen-bond acceptors (Lipinski definition) is 5. The van der Waals surface area contributed by atoms with Crippen LogP contribution in [0.4, 0.5) is 9.93 Å². The van der Waals surface area contributed by atoms with Gasteiger partial charge >= 0.3 is 6.03 Å². The number of hydrogen-bond donors (Lipinski definition) is 2. The van der Waals surface area contributed by atoms with Crippen molar-refractivity contribution in [3.8, 4) is 11.5 Å². The van der Waals surface area contributed by atoms with Crippen molar-refractivity contribution in [3.63, 3.8) is 0 Å². The number of aromatic nitrogens is 1. The predicted molar refractivity (Wildman–Crippen MR) is 75.4 cm³/mol. The Bertz CT molecular complexity index is 556. The number of anilines is 1. The number of amides is 2. The first-order chi connectivity index (χ1) is 9.19. The molecule has 0 atom stereocenters. The molecule has 0 unspecified atom stereocenters. The lowest BCUT2D eigenvalue weighted by Crippen LogP contribution is -2.28. The molecule has 0 spiro atoms. The van der Waals surface area contributed by atoms with E-state index >= 15 is 0 Å². The summed E-state index contributed by atoms with van der Waals surface area (Å²) < 4.78 is 11.4. The number of benzene rings is 1. The smallest absolute Gasteiger partial charge is 0.321 e. The number of nitrogens with one attached hydrogen (secondary N) is 2. The molecule has 1 aromatic heterocycles. The van der Waals surface area contributed by atoms with Crippen LogP contribution in [-0.4, -0.2) is 31.8 Å². The molecule has 6 nitrogen and oxygen atoms in total. The average molecular weight is 281 g/mol. The highest BCUT2D eigenvalue weighted by molar-refractivity contribution is 7.22. The van der Waals surface area contributed by atoms with Crippen LogP contribution in [0.3, 0.4) is 0 Å². The third-order valence-corrected chi connectivity index (χ3v) is 3.45. The van der Waals surface area contributed by atoms with Gasteiger partial charge < -0.3 is 14.8 Å². The van der Waals surface area contributed by atoms with Crippen molar-refractivity contribution in [1.29, 1.82) is 0 Å². The molecule has 2 rings (SSSR count). The molecular weight excluding hydrogens is 266 g/mol. The summed E-state index contributed by atoms with van der Waals surface area (Å²) in [6, 6.07) is 3.32. The number of carbonyl (C=O) groups is 1. The van der Waals surface area contributed by atoms with Crippen molar-refractivity contribution in [2.75, 3.05) is 26.1 Å². The Morgan fingerprint density at radius 3 is 2.63 bits per heavy atom. The summed E-state index contributed by atoms with van der Waals surface area (Å²) in [6.07, 6.45) is 0. The summed E-state index contributed by atoms with van der Waals surface area (Å²) in [5.74, 6) is 1.35. The Labute approximate surface area is 114 Å². The highest BCUT2D eigenvalue weighted by atomic mass is 32.1. The van der Waals surface area contributed by atoms with Crippen LogP contribution in [0, 0.1) is 0 Å². The normalized spacial score (nSPS) is 10.3. The fourth-order valence-electron chi connectivity index (χ4n) is 1.64. The molecule has 1 aromatic carbocycles. The van der Waals surface area contributed by atoms with Gasteiger partial charge in [-0.1, -0.05) is 11.3 Å². The summed E-state index contributed by atoms with van der Waals surface area (Å²) in [4.78, 5) is 15.8. The molecule has 0 fully saturated rings. The largest absolute Gasteiger partial charge is 0.495 e. The van der Waals surface area contributed by atoms with E-state index in [4.69, 9.17) is 9.47 Å². The Morgan fingerprint density at radius 1 is 1.32 bits per heavy atom. The van der Waals surface area contributed by atoms with E-state index < -0.39 is 0 Å². The topological polar surface area (TPSA) is 72.5 Å². The fraction of sp³-hybridized carbons (Fsp3) is 0.333. The van der Waals surface area contributed by atoms with Gasteiger partial charge in [0.05, 0.1) is 14.2 Å². The van der Waals surface area contributed by atoms with Crippen LogP contribution in [0.2, 0.25) is 0 Å². The lowest BCUT2D eigenvalue weighted by molar-refractivity contribution is 0.252. The molecule has 102 valence electrons. The Hall–Kier alpha value is -2.02. The zero-order valence-corrected chi connectivity index (χ0v) is 11.8. The minimum atomic E-state index is -0.278. The molecule has 0 aliphatic rings. The summed E-state index contributed by atoms with van der Waals surface area (Å²) in [5.41, 5.74) is 0.679. The molecule has 2 N–H and O–H groups in total. The fourth-order valence-corrected chi connectivity index (χ4v) is 2.61. The predicted octanol–water partition coefficient (Wildman–Crippen LogP) is 2.45. The Morgan fingerprint density at radius 2 is 2.00 bits per heavy atom. The maximum absolute atomic E-state index is 11.5. The lowest BCUT2D eigenvalue weighted by Gasteiger charge is -2.03. The lowest BCUT2D eigenvalue weighted by atomic mass is 10.3. The molecule has 0 aliphatic carbocycles. The number of rotatable bonds is 4. The third-order valence-electron chi connectivity index (χ3n) is 2.47. The van der Waals surface area contributed by atoms with Gasteiger partial charge in [0.25, 0.3) is 0 Å². The van der Waals surface area contributed by atoms with E-state index in [2.05, 4.69) is 15.6 Å². The summed E-state index contributed by atoms with van der Waals surface area (Å²) in [7, 11) is 3.18. The number of thiazole rings is 1. The molecule has 7 heteroatoms.